The highest BCUT2D eigenvalue weighted by molar-refractivity contribution is 5.86. The molecule has 3 N–H and O–H groups in total. The number of carboxylic acids is 1. The van der Waals surface area contributed by atoms with E-state index in [1.165, 1.54) is 4.90 Å². The molecule has 0 spiro atoms. The number of rotatable bonds is 5. The number of aliphatic carboxylic acids is 1. The van der Waals surface area contributed by atoms with Crippen molar-refractivity contribution in [2.45, 2.75) is 50.7 Å². The molecule has 0 aromatic rings. The fourth-order valence-corrected chi connectivity index (χ4v) is 2.15. The second-order valence-corrected chi connectivity index (χ2v) is 5.08. The SMILES string of the molecule is CC(O)CCN(C)C(=O)NC1(C(=O)O)CCCC1. The van der Waals surface area contributed by atoms with Crippen molar-refractivity contribution in [2.24, 2.45) is 0 Å². The van der Waals surface area contributed by atoms with Gasteiger partial charge in [0.2, 0.25) is 0 Å². The number of nitrogens with zero attached hydrogens (tertiary/aromatic N) is 1. The Bertz CT molecular complexity index is 311. The lowest BCUT2D eigenvalue weighted by molar-refractivity contribution is -0.144. The Morgan fingerprint density at radius 2 is 1.94 bits per heavy atom. The van der Waals surface area contributed by atoms with Gasteiger partial charge < -0.3 is 20.4 Å². The third-order valence-corrected chi connectivity index (χ3v) is 3.44. The van der Waals surface area contributed by atoms with Crippen LogP contribution in [0, 0.1) is 0 Å². The van der Waals surface area contributed by atoms with E-state index < -0.39 is 17.6 Å². The molecule has 0 heterocycles. The predicted octanol–water partition coefficient (Wildman–Crippen LogP) is 0.796. The summed E-state index contributed by atoms with van der Waals surface area (Å²) in [6.45, 7) is 2.06. The second kappa shape index (κ2) is 6.04. The first-order valence-corrected chi connectivity index (χ1v) is 6.32. The number of aliphatic hydroxyl groups is 1. The number of carbonyl (C=O) groups excluding carboxylic acids is 1. The third-order valence-electron chi connectivity index (χ3n) is 3.44. The summed E-state index contributed by atoms with van der Waals surface area (Å²) in [4.78, 5) is 24.6. The maximum absolute atomic E-state index is 11.9. The molecule has 0 bridgehead atoms. The molecule has 1 atom stereocenters. The molecular formula is C12H22N2O4. The number of nitrogens with one attached hydrogen (secondary N) is 1. The van der Waals surface area contributed by atoms with Crippen molar-refractivity contribution in [1.82, 2.24) is 10.2 Å². The average Bonchev–Trinajstić information content (AvgIpc) is 2.75. The van der Waals surface area contributed by atoms with Crippen LogP contribution in [-0.2, 0) is 4.79 Å². The first-order valence-electron chi connectivity index (χ1n) is 6.32. The molecule has 18 heavy (non-hydrogen) atoms. The van der Waals surface area contributed by atoms with Crippen molar-refractivity contribution in [1.29, 1.82) is 0 Å². The van der Waals surface area contributed by atoms with Gasteiger partial charge >= 0.3 is 12.0 Å². The Kier molecular flexibility index (Phi) is 4.95. The van der Waals surface area contributed by atoms with Crippen molar-refractivity contribution in [3.8, 4) is 0 Å². The minimum Gasteiger partial charge on any atom is -0.480 e. The smallest absolute Gasteiger partial charge is 0.329 e. The fourth-order valence-electron chi connectivity index (χ4n) is 2.15. The van der Waals surface area contributed by atoms with Crippen molar-refractivity contribution in [3.05, 3.63) is 0 Å². The van der Waals surface area contributed by atoms with Crippen LogP contribution in [0.5, 0.6) is 0 Å². The molecule has 0 radical (unpaired) electrons. The molecule has 2 amide bonds. The Morgan fingerprint density at radius 1 is 1.39 bits per heavy atom. The lowest BCUT2D eigenvalue weighted by atomic mass is 9.98. The molecular weight excluding hydrogens is 236 g/mol. The number of carbonyl (C=O) groups is 2. The summed E-state index contributed by atoms with van der Waals surface area (Å²) in [6.07, 6.45) is 2.62. The van der Waals surface area contributed by atoms with Gasteiger partial charge in [-0.05, 0) is 26.2 Å². The van der Waals surface area contributed by atoms with Gasteiger partial charge in [-0.3, -0.25) is 0 Å². The standard InChI is InChI=1S/C12H22N2O4/c1-9(15)5-8-14(2)11(18)13-12(10(16)17)6-3-4-7-12/h9,15H,3-8H2,1-2H3,(H,13,18)(H,16,17). The molecule has 1 unspecified atom stereocenters. The Balaban J connectivity index is 2.54. The van der Waals surface area contributed by atoms with E-state index in [1.807, 2.05) is 0 Å². The van der Waals surface area contributed by atoms with E-state index in [-0.39, 0.29) is 6.03 Å². The van der Waals surface area contributed by atoms with E-state index in [0.717, 1.165) is 12.8 Å². The topological polar surface area (TPSA) is 89.9 Å². The fraction of sp³-hybridized carbons (Fsp3) is 0.833. The second-order valence-electron chi connectivity index (χ2n) is 5.08. The predicted molar refractivity (Wildman–Crippen MR) is 66.3 cm³/mol. The van der Waals surface area contributed by atoms with Crippen LogP contribution in [-0.4, -0.2) is 52.3 Å². The molecule has 0 saturated heterocycles. The summed E-state index contributed by atoms with van der Waals surface area (Å²) in [7, 11) is 1.60. The highest BCUT2D eigenvalue weighted by atomic mass is 16.4. The Hall–Kier alpha value is -1.30. The van der Waals surface area contributed by atoms with E-state index in [2.05, 4.69) is 5.32 Å². The van der Waals surface area contributed by atoms with E-state index in [1.54, 1.807) is 14.0 Å². The molecule has 0 aromatic heterocycles. The quantitative estimate of drug-likeness (QED) is 0.680. The van der Waals surface area contributed by atoms with Gasteiger partial charge in [0.05, 0.1) is 6.10 Å². The Labute approximate surface area is 107 Å². The highest BCUT2D eigenvalue weighted by Crippen LogP contribution is 2.30. The minimum absolute atomic E-state index is 0.389. The van der Waals surface area contributed by atoms with Gasteiger partial charge in [-0.2, -0.15) is 0 Å². The summed E-state index contributed by atoms with van der Waals surface area (Å²) in [5.74, 6) is -0.961. The van der Waals surface area contributed by atoms with Gasteiger partial charge in [-0.25, -0.2) is 9.59 Å². The maximum Gasteiger partial charge on any atom is 0.329 e. The largest absolute Gasteiger partial charge is 0.480 e. The van der Waals surface area contributed by atoms with Gasteiger partial charge in [0.1, 0.15) is 5.54 Å². The molecule has 1 rings (SSSR count). The lowest BCUT2D eigenvalue weighted by Crippen LogP contribution is -2.55. The summed E-state index contributed by atoms with van der Waals surface area (Å²) < 4.78 is 0. The van der Waals surface area contributed by atoms with Crippen molar-refractivity contribution in [3.63, 3.8) is 0 Å². The summed E-state index contributed by atoms with van der Waals surface area (Å²) in [6, 6.07) is -0.389. The molecule has 0 aromatic carbocycles. The van der Waals surface area contributed by atoms with E-state index >= 15 is 0 Å². The first kappa shape index (κ1) is 14.8. The first-order chi connectivity index (χ1) is 8.37. The number of amides is 2. The molecule has 6 heteroatoms. The monoisotopic (exact) mass is 258 g/mol. The van der Waals surface area contributed by atoms with Crippen LogP contribution < -0.4 is 5.32 Å². The van der Waals surface area contributed by atoms with Crippen LogP contribution in [0.3, 0.4) is 0 Å². The van der Waals surface area contributed by atoms with Gasteiger partial charge in [0.25, 0.3) is 0 Å². The number of aliphatic hydroxyl groups excluding tert-OH is 1. The molecule has 6 nitrogen and oxygen atoms in total. The molecule has 0 aliphatic heterocycles. The molecule has 104 valence electrons. The number of urea groups is 1. The third kappa shape index (κ3) is 3.60. The maximum atomic E-state index is 11.9. The van der Waals surface area contributed by atoms with Crippen LogP contribution in [0.15, 0.2) is 0 Å². The van der Waals surface area contributed by atoms with E-state index in [9.17, 15) is 14.7 Å². The minimum atomic E-state index is -1.10. The molecule has 1 aliphatic carbocycles. The van der Waals surface area contributed by atoms with Crippen LogP contribution in [0.2, 0.25) is 0 Å². The summed E-state index contributed by atoms with van der Waals surface area (Å²) in [5.41, 5.74) is -1.10. The van der Waals surface area contributed by atoms with Crippen LogP contribution in [0.25, 0.3) is 0 Å². The Morgan fingerprint density at radius 3 is 2.39 bits per heavy atom. The molecule has 1 aliphatic rings. The normalized spacial score (nSPS) is 19.3. The van der Waals surface area contributed by atoms with Gasteiger partial charge in [-0.1, -0.05) is 12.8 Å². The van der Waals surface area contributed by atoms with Crippen molar-refractivity contribution < 1.29 is 19.8 Å². The number of hydrogen-bond donors (Lipinski definition) is 3. The zero-order valence-corrected chi connectivity index (χ0v) is 11.0. The molecule has 1 fully saturated rings. The molecule has 1 saturated carbocycles. The van der Waals surface area contributed by atoms with Gasteiger partial charge in [0.15, 0.2) is 0 Å². The summed E-state index contributed by atoms with van der Waals surface area (Å²) in [5, 5.41) is 21.0. The van der Waals surface area contributed by atoms with Crippen LogP contribution in [0.1, 0.15) is 39.0 Å². The van der Waals surface area contributed by atoms with E-state index in [4.69, 9.17) is 5.11 Å². The number of hydrogen-bond acceptors (Lipinski definition) is 3. The zero-order valence-electron chi connectivity index (χ0n) is 11.0. The van der Waals surface area contributed by atoms with E-state index in [0.29, 0.717) is 25.8 Å². The zero-order chi connectivity index (χ0) is 13.8. The van der Waals surface area contributed by atoms with Crippen molar-refractivity contribution >= 4 is 12.0 Å². The van der Waals surface area contributed by atoms with Crippen LogP contribution >= 0.6 is 0 Å². The van der Waals surface area contributed by atoms with Crippen LogP contribution in [0.4, 0.5) is 4.79 Å². The van der Waals surface area contributed by atoms with Crippen molar-refractivity contribution in [2.75, 3.05) is 13.6 Å². The lowest BCUT2D eigenvalue weighted by Gasteiger charge is -2.28. The number of carboxylic acid groups (broad SMARTS) is 1. The average molecular weight is 258 g/mol. The van der Waals surface area contributed by atoms with Gasteiger partial charge in [0, 0.05) is 13.6 Å². The van der Waals surface area contributed by atoms with Gasteiger partial charge in [-0.15, -0.1) is 0 Å². The summed E-state index contributed by atoms with van der Waals surface area (Å²) >= 11 is 0. The highest BCUT2D eigenvalue weighted by Gasteiger charge is 2.43.